The van der Waals surface area contributed by atoms with Gasteiger partial charge >= 0.3 is 59.4 Å². The minimum Gasteiger partial charge on any atom is -0.744 e. The second-order valence-electron chi connectivity index (χ2n) is 17.1. The van der Waals surface area contributed by atoms with Crippen LogP contribution in [0, 0.1) is 23.7 Å². The van der Waals surface area contributed by atoms with Crippen LogP contribution in [0.2, 0.25) is 0 Å². The van der Waals surface area contributed by atoms with Crippen LogP contribution >= 0.6 is 0 Å². The number of esters is 5. The summed E-state index contributed by atoms with van der Waals surface area (Å²) in [5.74, 6) is -11.3. The van der Waals surface area contributed by atoms with Crippen molar-refractivity contribution < 1.29 is 124 Å². The third-order valence-electron chi connectivity index (χ3n) is 11.0. The smallest absolute Gasteiger partial charge is 0.744 e. The first kappa shape index (κ1) is 65.3. The number of aliphatic carboxylic acids is 1. The molecule has 0 fully saturated rings. The Morgan fingerprint density at radius 3 is 1.49 bits per heavy atom. The molecule has 0 heterocycles. The molecule has 388 valence electrons. The van der Waals surface area contributed by atoms with Crippen LogP contribution in [0.4, 0.5) is 0 Å². The van der Waals surface area contributed by atoms with Gasteiger partial charge in [0.1, 0.15) is 10.1 Å². The van der Waals surface area contributed by atoms with E-state index in [1.54, 1.807) is 34.6 Å². The minimum absolute atomic E-state index is 0. The van der Waals surface area contributed by atoms with Gasteiger partial charge < -0.3 is 58.1 Å². The Labute approximate surface area is 428 Å². The van der Waals surface area contributed by atoms with Crippen LogP contribution in [0.3, 0.4) is 0 Å². The number of carboxylic acids is 1. The maximum absolute atomic E-state index is 15.0. The molecule has 0 aliphatic carbocycles. The van der Waals surface area contributed by atoms with Gasteiger partial charge in [-0.1, -0.05) is 26.0 Å². The first-order chi connectivity index (χ1) is 32.0. The maximum atomic E-state index is 15.0. The molecular formula is C46H73N2NaO19S. The number of primary amides is 1. The first-order valence-corrected chi connectivity index (χ1v) is 24.3. The van der Waals surface area contributed by atoms with Crippen molar-refractivity contribution in [2.45, 2.75) is 109 Å². The molecule has 2 N–H and O–H groups in total. The van der Waals surface area contributed by atoms with Crippen LogP contribution in [0.15, 0.2) is 29.2 Å². The van der Waals surface area contributed by atoms with Crippen molar-refractivity contribution >= 4 is 51.8 Å². The molecule has 0 radical (unpaired) electrons. The predicted molar refractivity (Wildman–Crippen MR) is 238 cm³/mol. The average Bonchev–Trinajstić information content (AvgIpc) is 3.27. The van der Waals surface area contributed by atoms with E-state index in [2.05, 4.69) is 0 Å². The average molecular weight is 1010 g/mol. The zero-order chi connectivity index (χ0) is 51.5. The number of hydrogen-bond acceptors (Lipinski definition) is 19. The van der Waals surface area contributed by atoms with Gasteiger partial charge in [0.05, 0.1) is 116 Å². The first-order valence-electron chi connectivity index (χ1n) is 22.9. The van der Waals surface area contributed by atoms with Gasteiger partial charge in [0, 0.05) is 17.8 Å². The number of hydrogen-bond donors (Lipinski definition) is 1. The van der Waals surface area contributed by atoms with Gasteiger partial charge in [-0.2, -0.15) is 0 Å². The number of carbonyl (C=O) groups excluding carboxylic acids is 7. The summed E-state index contributed by atoms with van der Waals surface area (Å²) < 4.78 is 80.5. The van der Waals surface area contributed by atoms with Gasteiger partial charge in [-0.15, -0.1) is 0 Å². The Morgan fingerprint density at radius 1 is 0.667 bits per heavy atom. The number of quaternary nitrogens is 1. The van der Waals surface area contributed by atoms with Crippen molar-refractivity contribution in [2.24, 2.45) is 29.4 Å². The third kappa shape index (κ3) is 26.3. The van der Waals surface area contributed by atoms with Gasteiger partial charge in [0.2, 0.25) is 12.6 Å². The molecule has 1 rings (SSSR count). The van der Waals surface area contributed by atoms with Gasteiger partial charge in [0.15, 0.2) is 5.60 Å². The SMILES string of the molecule is CCOC(=O)CCOCC(COCCC(=O)OCC)(COCCC(=O)OCC)OC(=O)C(CC(CC(CC)C(N)=O)C(=O)[O-])CC(CC(C)C(=O)OC[N+](C)(C)CC)c1ccc(S(=O)(=O)[O-])cc1.[Na+]. The predicted octanol–water partition coefficient (Wildman–Crippen LogP) is -0.843. The molecule has 1 amide bonds. The maximum Gasteiger partial charge on any atom is 1.00 e. The molecule has 5 atom stereocenters. The molecule has 0 bridgehead atoms. The molecule has 0 saturated carbocycles. The summed E-state index contributed by atoms with van der Waals surface area (Å²) in [6.45, 7) is 8.81. The van der Waals surface area contributed by atoms with E-state index in [0.717, 1.165) is 12.1 Å². The van der Waals surface area contributed by atoms with E-state index in [-0.39, 0.29) is 121 Å². The largest absolute Gasteiger partial charge is 1.00 e. The van der Waals surface area contributed by atoms with Gasteiger partial charge in [-0.25, -0.2) is 8.42 Å². The monoisotopic (exact) mass is 1010 g/mol. The second kappa shape index (κ2) is 33.8. The topological polar surface area (TPSA) is 300 Å². The summed E-state index contributed by atoms with van der Waals surface area (Å²) in [4.78, 5) is 89.7. The van der Waals surface area contributed by atoms with Crippen molar-refractivity contribution in [3.8, 4) is 0 Å². The summed E-state index contributed by atoms with van der Waals surface area (Å²) in [6.07, 6.45) is -1.56. The fraction of sp³-hybridized carbons (Fsp3) is 0.717. The molecule has 0 aromatic heterocycles. The van der Waals surface area contributed by atoms with Crippen LogP contribution < -0.4 is 40.4 Å². The molecule has 0 aliphatic heterocycles. The number of carbonyl (C=O) groups is 7. The number of carboxylic acid groups (broad SMARTS) is 1. The van der Waals surface area contributed by atoms with E-state index in [0.29, 0.717) is 16.6 Å². The fourth-order valence-corrected chi connectivity index (χ4v) is 7.28. The number of benzene rings is 1. The van der Waals surface area contributed by atoms with Crippen LogP contribution in [-0.2, 0) is 81.6 Å². The van der Waals surface area contributed by atoms with Crippen LogP contribution in [-0.4, -0.2) is 152 Å². The van der Waals surface area contributed by atoms with E-state index in [1.807, 2.05) is 21.0 Å². The molecule has 0 aliphatic rings. The molecule has 1 aromatic rings. The molecule has 0 spiro atoms. The fourth-order valence-electron chi connectivity index (χ4n) is 6.81. The zero-order valence-corrected chi connectivity index (χ0v) is 44.6. The van der Waals surface area contributed by atoms with Gasteiger partial charge in [0.25, 0.3) is 0 Å². The molecule has 1 aromatic carbocycles. The number of ether oxygens (including phenoxy) is 8. The Hall–Kier alpha value is -3.74. The quantitative estimate of drug-likeness (QED) is 0.0162. The summed E-state index contributed by atoms with van der Waals surface area (Å²) in [6, 6.07) is 4.84. The molecule has 0 saturated heterocycles. The van der Waals surface area contributed by atoms with E-state index in [4.69, 9.17) is 43.6 Å². The number of nitrogens with two attached hydrogens (primary N) is 1. The van der Waals surface area contributed by atoms with E-state index in [9.17, 15) is 51.6 Å². The van der Waals surface area contributed by atoms with Crippen molar-refractivity contribution in [3.63, 3.8) is 0 Å². The standard InChI is InChI=1S/C46H74N2O19S.Na/c1-9-33(42(47)52)25-36(43(53)54)27-37(26-35(34-14-16-38(17-15-34)68(57,58)59)24-32(6)44(55)66-31-48(7,8)10-2)45(56)67-46(28-60-21-18-39(49)63-11-3,29-61-22-19-40(50)64-12-4)30-62-23-20-41(51)65-13-5;/h14-17,32-33,35-37H,9-13,18-31H2,1-8H3,(H3-,47,52,53,54,57,58,59);/q;+1/p-1. The molecule has 21 nitrogen and oxygen atoms in total. The molecular weight excluding hydrogens is 940 g/mol. The normalized spacial score (nSPS) is 13.9. The molecule has 23 heteroatoms. The van der Waals surface area contributed by atoms with Crippen molar-refractivity contribution in [1.82, 2.24) is 0 Å². The summed E-state index contributed by atoms with van der Waals surface area (Å²) in [5.41, 5.74) is 4.07. The zero-order valence-electron chi connectivity index (χ0n) is 41.8. The summed E-state index contributed by atoms with van der Waals surface area (Å²) in [7, 11) is -1.16. The van der Waals surface area contributed by atoms with Crippen molar-refractivity contribution in [2.75, 3.05) is 86.8 Å². The van der Waals surface area contributed by atoms with E-state index < -0.39 is 118 Å². The molecule has 5 unspecified atom stereocenters. The molecule has 69 heavy (non-hydrogen) atoms. The Kier molecular flexibility index (Phi) is 31.9. The Balaban J connectivity index is 0.0000462. The van der Waals surface area contributed by atoms with E-state index in [1.165, 1.54) is 12.1 Å². The number of rotatable bonds is 37. The second-order valence-corrected chi connectivity index (χ2v) is 18.4. The van der Waals surface area contributed by atoms with Crippen LogP contribution in [0.5, 0.6) is 0 Å². The summed E-state index contributed by atoms with van der Waals surface area (Å²) >= 11 is 0. The van der Waals surface area contributed by atoms with Crippen molar-refractivity contribution in [3.05, 3.63) is 29.8 Å². The summed E-state index contributed by atoms with van der Waals surface area (Å²) in [5, 5.41) is 12.8. The third-order valence-corrected chi connectivity index (χ3v) is 11.9. The van der Waals surface area contributed by atoms with Crippen molar-refractivity contribution in [1.29, 1.82) is 0 Å². The Bertz CT molecular complexity index is 1800. The van der Waals surface area contributed by atoms with Gasteiger partial charge in [-0.05, 0) is 83.4 Å². The van der Waals surface area contributed by atoms with E-state index >= 15 is 0 Å². The van der Waals surface area contributed by atoms with Gasteiger partial charge in [-0.3, -0.25) is 33.3 Å². The number of amides is 1. The van der Waals surface area contributed by atoms with Crippen LogP contribution in [0.25, 0.3) is 0 Å². The van der Waals surface area contributed by atoms with Crippen LogP contribution in [0.1, 0.15) is 104 Å². The minimum atomic E-state index is -4.88. The number of nitrogens with zero attached hydrogens (tertiary/aromatic N) is 1. The Morgan fingerprint density at radius 2 is 1.12 bits per heavy atom.